The van der Waals surface area contributed by atoms with Crippen molar-refractivity contribution in [3.63, 3.8) is 0 Å². The second-order valence-electron chi connectivity index (χ2n) is 7.41. The smallest absolute Gasteiger partial charge is 0.216 e. The van der Waals surface area contributed by atoms with E-state index in [0.29, 0.717) is 31.7 Å². The van der Waals surface area contributed by atoms with Crippen LogP contribution in [0.15, 0.2) is 44.2 Å². The number of hydrogen-bond acceptors (Lipinski definition) is 10. The third-order valence-electron chi connectivity index (χ3n) is 4.96. The average Bonchev–Trinajstić information content (AvgIpc) is 3.70. The van der Waals surface area contributed by atoms with Crippen LogP contribution in [-0.2, 0) is 7.05 Å². The first kappa shape index (κ1) is 28.5. The number of aromatic amines is 1. The average molecular weight is 768 g/mol. The summed E-state index contributed by atoms with van der Waals surface area (Å²) in [4.78, 5) is 10.6. The molecule has 0 radical (unpaired) electrons. The van der Waals surface area contributed by atoms with Gasteiger partial charge in [-0.15, -0.1) is 38.0 Å². The highest BCUT2D eigenvalue weighted by Crippen LogP contribution is 2.40. The lowest BCUT2D eigenvalue weighted by atomic mass is 10.1. The van der Waals surface area contributed by atoms with Gasteiger partial charge in [-0.05, 0) is 71.8 Å². The van der Waals surface area contributed by atoms with E-state index >= 15 is 0 Å². The van der Waals surface area contributed by atoms with E-state index < -0.39 is 0 Å². The maximum Gasteiger partial charge on any atom is 0.216 e. The van der Waals surface area contributed by atoms with Crippen LogP contribution >= 0.6 is 101 Å². The predicted molar refractivity (Wildman–Crippen MR) is 162 cm³/mol. The van der Waals surface area contributed by atoms with Crippen molar-refractivity contribution < 1.29 is 0 Å². The number of aromatic nitrogens is 10. The van der Waals surface area contributed by atoms with E-state index in [2.05, 4.69) is 78.0 Å². The van der Waals surface area contributed by atoms with Crippen LogP contribution in [0, 0.1) is 0 Å². The van der Waals surface area contributed by atoms with Crippen molar-refractivity contribution >= 4 is 101 Å². The minimum Gasteiger partial charge on any atom is -0.228 e. The fourth-order valence-electron chi connectivity index (χ4n) is 3.25. The van der Waals surface area contributed by atoms with Gasteiger partial charge in [0, 0.05) is 18.2 Å². The number of nitrogens with zero attached hydrogens (tertiary/aromatic N) is 9. The molecule has 0 saturated heterocycles. The molecule has 0 aliphatic rings. The van der Waals surface area contributed by atoms with E-state index in [4.69, 9.17) is 46.4 Å². The molecule has 0 fully saturated rings. The van der Waals surface area contributed by atoms with E-state index in [1.807, 2.05) is 12.1 Å². The summed E-state index contributed by atoms with van der Waals surface area (Å²) < 4.78 is 3.07. The van der Waals surface area contributed by atoms with Gasteiger partial charge in [0.15, 0.2) is 13.7 Å². The van der Waals surface area contributed by atoms with Crippen LogP contribution in [0.1, 0.15) is 0 Å². The first-order valence-corrected chi connectivity index (χ1v) is 15.1. The summed E-state index contributed by atoms with van der Waals surface area (Å²) in [6.07, 6.45) is 0. The third-order valence-corrected chi connectivity index (χ3v) is 9.44. The maximum atomic E-state index is 6.07. The van der Waals surface area contributed by atoms with E-state index in [9.17, 15) is 0 Å². The zero-order chi connectivity index (χ0) is 27.7. The first-order chi connectivity index (χ1) is 18.7. The normalized spacial score (nSPS) is 10.9. The number of benzene rings is 2. The lowest BCUT2D eigenvalue weighted by Crippen LogP contribution is -1.94. The summed E-state index contributed by atoms with van der Waals surface area (Å²) in [6.45, 7) is 0. The molecule has 0 amide bonds. The number of H-pyrrole nitrogens is 1. The minimum atomic E-state index is 0.474. The van der Waals surface area contributed by atoms with Gasteiger partial charge >= 0.3 is 0 Å². The van der Waals surface area contributed by atoms with Gasteiger partial charge in [-0.3, -0.25) is 0 Å². The van der Waals surface area contributed by atoms with Crippen molar-refractivity contribution in [1.29, 1.82) is 0 Å². The van der Waals surface area contributed by atoms with Gasteiger partial charge in [-0.2, -0.15) is 5.21 Å². The molecule has 10 nitrogen and oxygen atoms in total. The monoisotopic (exact) mass is 764 g/mol. The van der Waals surface area contributed by atoms with Gasteiger partial charge in [-0.1, -0.05) is 58.5 Å². The predicted octanol–water partition coefficient (Wildman–Crippen LogP) is 8.13. The summed E-state index contributed by atoms with van der Waals surface area (Å²) in [5.41, 5.74) is 3.20. The molecule has 0 atom stereocenters. The van der Waals surface area contributed by atoms with Crippen LogP contribution in [0.4, 0.5) is 0 Å². The second-order valence-corrected chi connectivity index (χ2v) is 13.6. The molecule has 0 bridgehead atoms. The largest absolute Gasteiger partial charge is 0.228 e. The number of thiazole rings is 2. The summed E-state index contributed by atoms with van der Waals surface area (Å²) in [7, 11) is 1.78. The van der Waals surface area contributed by atoms with Gasteiger partial charge in [0.1, 0.15) is 9.75 Å². The first-order valence-electron chi connectivity index (χ1n) is 10.4. The molecule has 39 heavy (non-hydrogen) atoms. The zero-order valence-corrected chi connectivity index (χ0v) is 26.9. The fourth-order valence-corrected chi connectivity index (χ4v) is 6.74. The Hall–Kier alpha value is -2.04. The van der Waals surface area contributed by atoms with E-state index in [1.54, 1.807) is 36.0 Å². The van der Waals surface area contributed by atoms with Crippen molar-refractivity contribution in [2.75, 3.05) is 0 Å². The highest BCUT2D eigenvalue weighted by atomic mass is 79.9. The third kappa shape index (κ3) is 6.33. The van der Waals surface area contributed by atoms with E-state index in [1.165, 1.54) is 22.7 Å². The molecule has 18 heteroatoms. The Morgan fingerprint density at radius 2 is 1.33 bits per heavy atom. The van der Waals surface area contributed by atoms with Crippen molar-refractivity contribution in [2.24, 2.45) is 7.05 Å². The molecular formula is C21H10Br2Cl4N10S2. The molecule has 6 aromatic rings. The SMILES string of the molecule is Clc1ccc(-c2nc(Br)sc2-c2nn[nH]n2)cc1Cl.Cn1nnnc1-c1sc(Br)nc1-c1ccc(Cl)c(Cl)c1. The van der Waals surface area contributed by atoms with Crippen molar-refractivity contribution in [1.82, 2.24) is 50.8 Å². The highest BCUT2D eigenvalue weighted by molar-refractivity contribution is 9.11. The Kier molecular flexibility index (Phi) is 8.93. The molecule has 2 aromatic carbocycles. The molecular weight excluding hydrogens is 758 g/mol. The van der Waals surface area contributed by atoms with Crippen LogP contribution in [-0.4, -0.2) is 50.8 Å². The lowest BCUT2D eigenvalue weighted by molar-refractivity contribution is 0.715. The van der Waals surface area contributed by atoms with Gasteiger partial charge in [0.05, 0.1) is 31.5 Å². The molecule has 0 unspecified atom stereocenters. The number of hydrogen-bond donors (Lipinski definition) is 1. The molecule has 0 aliphatic carbocycles. The Morgan fingerprint density at radius 3 is 1.82 bits per heavy atom. The molecule has 1 N–H and O–H groups in total. The van der Waals surface area contributed by atoms with E-state index in [-0.39, 0.29) is 0 Å². The molecule has 0 aliphatic heterocycles. The maximum absolute atomic E-state index is 6.07. The number of nitrogens with one attached hydrogen (secondary N) is 1. The number of tetrazole rings is 2. The Bertz CT molecular complexity index is 1770. The van der Waals surface area contributed by atoms with Crippen LogP contribution < -0.4 is 0 Å². The van der Waals surface area contributed by atoms with E-state index in [0.717, 1.165) is 40.1 Å². The van der Waals surface area contributed by atoms with Crippen molar-refractivity contribution in [2.45, 2.75) is 0 Å². The van der Waals surface area contributed by atoms with Crippen LogP contribution in [0.5, 0.6) is 0 Å². The van der Waals surface area contributed by atoms with Gasteiger partial charge < -0.3 is 0 Å². The Balaban J connectivity index is 0.000000158. The molecule has 198 valence electrons. The molecule has 0 saturated carbocycles. The molecule has 0 spiro atoms. The minimum absolute atomic E-state index is 0.474. The molecule has 6 rings (SSSR count). The van der Waals surface area contributed by atoms with Gasteiger partial charge in [-0.25, -0.2) is 14.6 Å². The number of aryl methyl sites for hydroxylation is 1. The van der Waals surface area contributed by atoms with Gasteiger partial charge in [0.25, 0.3) is 0 Å². The second kappa shape index (κ2) is 12.2. The standard InChI is InChI=1S/C11H6BrCl2N5S.C10H4BrCl2N5S/c1-19-10(16-17-18-19)9-8(15-11(12)20-9)5-2-3-6(13)7(14)4-5;11-10-14-7(4-1-2-5(12)6(13)3-4)8(19-10)9-15-17-18-16-9/h2-4H,1H3;1-3H,(H,15,16,17,18). The Morgan fingerprint density at radius 1 is 0.769 bits per heavy atom. The zero-order valence-electron chi connectivity index (χ0n) is 19.1. The number of halogens is 6. The van der Waals surface area contributed by atoms with Gasteiger partial charge in [0.2, 0.25) is 5.82 Å². The molecule has 4 aromatic heterocycles. The summed E-state index contributed by atoms with van der Waals surface area (Å²) in [5, 5.41) is 27.4. The van der Waals surface area contributed by atoms with Crippen molar-refractivity contribution in [3.8, 4) is 43.9 Å². The topological polar surface area (TPSA) is 124 Å². The summed E-state index contributed by atoms with van der Waals surface area (Å²) in [5.74, 6) is 1.14. The Labute approximate surface area is 265 Å². The van der Waals surface area contributed by atoms with Crippen molar-refractivity contribution in [3.05, 3.63) is 64.3 Å². The fraction of sp³-hybridized carbons (Fsp3) is 0.0476. The highest BCUT2D eigenvalue weighted by Gasteiger charge is 2.20. The number of rotatable bonds is 4. The summed E-state index contributed by atoms with van der Waals surface area (Å²) in [6, 6.07) is 10.7. The summed E-state index contributed by atoms with van der Waals surface area (Å²) >= 11 is 33.6. The van der Waals surface area contributed by atoms with Crippen LogP contribution in [0.3, 0.4) is 0 Å². The van der Waals surface area contributed by atoms with Crippen LogP contribution in [0.2, 0.25) is 20.1 Å². The van der Waals surface area contributed by atoms with Crippen LogP contribution in [0.25, 0.3) is 43.9 Å². The quantitative estimate of drug-likeness (QED) is 0.191. The molecule has 4 heterocycles. The lowest BCUT2D eigenvalue weighted by Gasteiger charge is -2.03.